The lowest BCUT2D eigenvalue weighted by molar-refractivity contribution is -0.117. The first kappa shape index (κ1) is 26.8. The van der Waals surface area contributed by atoms with E-state index in [9.17, 15) is 9.59 Å². The van der Waals surface area contributed by atoms with Crippen molar-refractivity contribution in [3.8, 4) is 11.8 Å². The van der Waals surface area contributed by atoms with Gasteiger partial charge in [0.15, 0.2) is 0 Å². The molecule has 0 unspecified atom stereocenters. The Bertz CT molecular complexity index is 980. The number of carbonyl (C=O) groups is 2. The maximum atomic E-state index is 13.2. The zero-order valence-electron chi connectivity index (χ0n) is 21.7. The van der Waals surface area contributed by atoms with E-state index < -0.39 is 0 Å². The van der Waals surface area contributed by atoms with Crippen molar-refractivity contribution in [3.05, 3.63) is 41.0 Å². The highest BCUT2D eigenvalue weighted by Crippen LogP contribution is 2.30. The molecule has 2 aliphatic rings. The van der Waals surface area contributed by atoms with Crippen LogP contribution in [0.25, 0.3) is 0 Å². The standard InChI is InChI=1S/C28H40N4O3/c1-6-32(24-11-15-35-16-12-24)26-18-23(8-7-22-9-13-31(5)14-10-22)17-25(21(26)3)28(34)30-19-20(2)27(33)29-4/h17-18,22,24H,2,6,9-16,19H2,1,3-5H3,(H,29,33)(H,30,34). The molecule has 35 heavy (non-hydrogen) atoms. The highest BCUT2D eigenvalue weighted by atomic mass is 16.5. The number of likely N-dealkylation sites (tertiary alicyclic amines) is 1. The second-order valence-electron chi connectivity index (χ2n) is 9.51. The van der Waals surface area contributed by atoms with E-state index in [-0.39, 0.29) is 18.4 Å². The molecule has 0 aromatic heterocycles. The second-order valence-corrected chi connectivity index (χ2v) is 9.51. The first-order valence-electron chi connectivity index (χ1n) is 12.7. The molecule has 0 atom stereocenters. The molecule has 1 aromatic rings. The molecule has 2 fully saturated rings. The Hall–Kier alpha value is -2.82. The Balaban J connectivity index is 1.92. The summed E-state index contributed by atoms with van der Waals surface area (Å²) in [6, 6.07) is 4.39. The largest absolute Gasteiger partial charge is 0.381 e. The van der Waals surface area contributed by atoms with Gasteiger partial charge >= 0.3 is 0 Å². The molecule has 2 amide bonds. The Morgan fingerprint density at radius 1 is 1.20 bits per heavy atom. The van der Waals surface area contributed by atoms with Crippen LogP contribution in [0.3, 0.4) is 0 Å². The van der Waals surface area contributed by atoms with Gasteiger partial charge in [0, 0.05) is 67.7 Å². The fraction of sp³-hybridized carbons (Fsp3) is 0.571. The van der Waals surface area contributed by atoms with E-state index in [1.807, 2.05) is 13.0 Å². The Labute approximate surface area is 210 Å². The molecule has 1 aromatic carbocycles. The van der Waals surface area contributed by atoms with Crippen LogP contribution < -0.4 is 15.5 Å². The number of nitrogens with one attached hydrogen (secondary N) is 2. The summed E-state index contributed by atoms with van der Waals surface area (Å²) in [5, 5.41) is 5.40. The fourth-order valence-electron chi connectivity index (χ4n) is 4.80. The molecule has 190 valence electrons. The average Bonchev–Trinajstić information content (AvgIpc) is 2.88. The summed E-state index contributed by atoms with van der Waals surface area (Å²) < 4.78 is 5.58. The van der Waals surface area contributed by atoms with Gasteiger partial charge in [0.1, 0.15) is 0 Å². The second kappa shape index (κ2) is 12.8. The summed E-state index contributed by atoms with van der Waals surface area (Å²) in [5.74, 6) is 6.73. The molecule has 7 nitrogen and oxygen atoms in total. The SMILES string of the molecule is C=C(CNC(=O)c1cc(C#CC2CCN(C)CC2)cc(N(CC)C2CCOCC2)c1C)C(=O)NC. The molecule has 0 aliphatic carbocycles. The van der Waals surface area contributed by atoms with Crippen molar-refractivity contribution in [2.45, 2.75) is 45.6 Å². The van der Waals surface area contributed by atoms with Crippen molar-refractivity contribution in [1.82, 2.24) is 15.5 Å². The minimum Gasteiger partial charge on any atom is -0.381 e. The third-order valence-corrected chi connectivity index (χ3v) is 7.06. The number of benzene rings is 1. The van der Waals surface area contributed by atoms with Crippen molar-refractivity contribution < 1.29 is 14.3 Å². The van der Waals surface area contributed by atoms with Gasteiger partial charge in [-0.2, -0.15) is 0 Å². The lowest BCUT2D eigenvalue weighted by atomic mass is 9.96. The number of carbonyl (C=O) groups excluding carboxylic acids is 2. The van der Waals surface area contributed by atoms with Gasteiger partial charge in [-0.3, -0.25) is 9.59 Å². The number of amides is 2. The molecule has 7 heteroatoms. The average molecular weight is 481 g/mol. The van der Waals surface area contributed by atoms with E-state index in [1.165, 1.54) is 0 Å². The van der Waals surface area contributed by atoms with Gasteiger partial charge < -0.3 is 25.2 Å². The lowest BCUT2D eigenvalue weighted by Crippen LogP contribution is -2.40. The third kappa shape index (κ3) is 7.09. The highest BCUT2D eigenvalue weighted by molar-refractivity contribution is 5.99. The van der Waals surface area contributed by atoms with Gasteiger partial charge in [0.25, 0.3) is 5.91 Å². The maximum absolute atomic E-state index is 13.2. The molecule has 0 radical (unpaired) electrons. The molecule has 0 bridgehead atoms. The van der Waals surface area contributed by atoms with Crippen LogP contribution in [0.15, 0.2) is 24.3 Å². The van der Waals surface area contributed by atoms with Gasteiger partial charge in [-0.1, -0.05) is 18.4 Å². The number of hydrogen-bond acceptors (Lipinski definition) is 5. The smallest absolute Gasteiger partial charge is 0.251 e. The van der Waals surface area contributed by atoms with Gasteiger partial charge in [-0.25, -0.2) is 0 Å². The number of anilines is 1. The first-order chi connectivity index (χ1) is 16.8. The minimum atomic E-state index is -0.280. The summed E-state index contributed by atoms with van der Waals surface area (Å²) in [7, 11) is 3.70. The Morgan fingerprint density at radius 3 is 2.51 bits per heavy atom. The quantitative estimate of drug-likeness (QED) is 0.464. The number of hydrogen-bond donors (Lipinski definition) is 2. The molecule has 0 spiro atoms. The molecule has 2 aliphatic heterocycles. The van der Waals surface area contributed by atoms with E-state index in [4.69, 9.17) is 4.74 Å². The van der Waals surface area contributed by atoms with Gasteiger partial charge in [-0.05, 0) is 77.4 Å². The van der Waals surface area contributed by atoms with Crippen LogP contribution in [-0.4, -0.2) is 76.2 Å². The van der Waals surface area contributed by atoms with Crippen LogP contribution >= 0.6 is 0 Å². The first-order valence-corrected chi connectivity index (χ1v) is 12.7. The fourth-order valence-corrected chi connectivity index (χ4v) is 4.80. The van der Waals surface area contributed by atoms with Gasteiger partial charge in [-0.15, -0.1) is 0 Å². The van der Waals surface area contributed by atoms with Crippen LogP contribution in [0.5, 0.6) is 0 Å². The third-order valence-electron chi connectivity index (χ3n) is 7.06. The number of rotatable bonds is 7. The highest BCUT2D eigenvalue weighted by Gasteiger charge is 2.24. The predicted molar refractivity (Wildman–Crippen MR) is 141 cm³/mol. The van der Waals surface area contributed by atoms with E-state index in [2.05, 4.69) is 58.9 Å². The van der Waals surface area contributed by atoms with E-state index >= 15 is 0 Å². The zero-order chi connectivity index (χ0) is 25.4. The van der Waals surface area contributed by atoms with E-state index in [0.29, 0.717) is 23.1 Å². The van der Waals surface area contributed by atoms with Crippen molar-refractivity contribution in [2.75, 3.05) is 58.4 Å². The maximum Gasteiger partial charge on any atom is 0.251 e. The van der Waals surface area contributed by atoms with Gasteiger partial charge in [0.05, 0.1) is 0 Å². The minimum absolute atomic E-state index is 0.0935. The summed E-state index contributed by atoms with van der Waals surface area (Å²) >= 11 is 0. The summed E-state index contributed by atoms with van der Waals surface area (Å²) in [6.45, 7) is 12.5. The van der Waals surface area contributed by atoms with Crippen molar-refractivity contribution in [3.63, 3.8) is 0 Å². The molecular weight excluding hydrogens is 440 g/mol. The van der Waals surface area contributed by atoms with Crippen molar-refractivity contribution in [2.24, 2.45) is 5.92 Å². The monoisotopic (exact) mass is 480 g/mol. The predicted octanol–water partition coefficient (Wildman–Crippen LogP) is 2.73. The number of piperidine rings is 1. The zero-order valence-corrected chi connectivity index (χ0v) is 21.7. The molecule has 2 heterocycles. The number of nitrogens with zero attached hydrogens (tertiary/aromatic N) is 2. The molecule has 0 saturated carbocycles. The topological polar surface area (TPSA) is 73.9 Å². The Kier molecular flexibility index (Phi) is 9.76. The van der Waals surface area contributed by atoms with Crippen LogP contribution in [-0.2, 0) is 9.53 Å². The number of ether oxygens (including phenoxy) is 1. The van der Waals surface area contributed by atoms with Gasteiger partial charge in [0.2, 0.25) is 5.91 Å². The van der Waals surface area contributed by atoms with Crippen LogP contribution in [0, 0.1) is 24.7 Å². The molecule has 3 rings (SSSR count). The summed E-state index contributed by atoms with van der Waals surface area (Å²) in [5.41, 5.74) is 3.72. The lowest BCUT2D eigenvalue weighted by Gasteiger charge is -2.36. The number of likely N-dealkylation sites (N-methyl/N-ethyl adjacent to an activating group) is 1. The van der Waals surface area contributed by atoms with Crippen molar-refractivity contribution >= 4 is 17.5 Å². The van der Waals surface area contributed by atoms with Crippen LogP contribution in [0.2, 0.25) is 0 Å². The summed E-state index contributed by atoms with van der Waals surface area (Å²) in [6.07, 6.45) is 4.07. The molecule has 2 N–H and O–H groups in total. The van der Waals surface area contributed by atoms with Crippen LogP contribution in [0.1, 0.15) is 54.1 Å². The molecule has 2 saturated heterocycles. The van der Waals surface area contributed by atoms with E-state index in [0.717, 1.165) is 75.3 Å². The van der Waals surface area contributed by atoms with Crippen LogP contribution in [0.4, 0.5) is 5.69 Å². The normalized spacial score (nSPS) is 17.3. The molecular formula is C28H40N4O3. The van der Waals surface area contributed by atoms with Crippen molar-refractivity contribution in [1.29, 1.82) is 0 Å². The van der Waals surface area contributed by atoms with E-state index in [1.54, 1.807) is 7.05 Å². The summed E-state index contributed by atoms with van der Waals surface area (Å²) in [4.78, 5) is 29.8. The Morgan fingerprint density at radius 2 is 1.89 bits per heavy atom.